The van der Waals surface area contributed by atoms with Crippen molar-refractivity contribution in [2.45, 2.75) is 38.8 Å². The molecule has 0 saturated carbocycles. The zero-order chi connectivity index (χ0) is 12.9. The number of phenols is 1. The van der Waals surface area contributed by atoms with E-state index in [0.29, 0.717) is 25.1 Å². The first-order chi connectivity index (χ1) is 7.93. The molecular weight excluding hydrogens is 221 g/mol. The number of benzene rings is 1. The lowest BCUT2D eigenvalue weighted by Gasteiger charge is -2.23. The summed E-state index contributed by atoms with van der Waals surface area (Å²) >= 11 is 0. The lowest BCUT2D eigenvalue weighted by molar-refractivity contribution is 0.0498. The molecule has 17 heavy (non-hydrogen) atoms. The Labute approximate surface area is 101 Å². The second-order valence-electron chi connectivity index (χ2n) is 4.67. The highest BCUT2D eigenvalue weighted by Crippen LogP contribution is 2.15. The van der Waals surface area contributed by atoms with Crippen molar-refractivity contribution in [1.29, 1.82) is 0 Å². The number of hydrogen-bond acceptors (Lipinski definition) is 3. The van der Waals surface area contributed by atoms with Crippen LogP contribution in [0.4, 0.5) is 4.39 Å². The summed E-state index contributed by atoms with van der Waals surface area (Å²) in [6.07, 6.45) is 1.63. The van der Waals surface area contributed by atoms with Gasteiger partial charge in [0.15, 0.2) is 0 Å². The SMILES string of the molecule is CCCC(C)(O)CNCc1cc(O)cc(F)c1. The van der Waals surface area contributed by atoms with E-state index < -0.39 is 11.4 Å². The zero-order valence-electron chi connectivity index (χ0n) is 10.3. The van der Waals surface area contributed by atoms with Crippen LogP contribution in [0.1, 0.15) is 32.3 Å². The molecule has 0 aliphatic carbocycles. The Kier molecular flexibility index (Phi) is 4.90. The molecule has 0 radical (unpaired) electrons. The van der Waals surface area contributed by atoms with E-state index in [2.05, 4.69) is 5.32 Å². The molecule has 96 valence electrons. The van der Waals surface area contributed by atoms with Crippen LogP contribution in [-0.2, 0) is 6.54 Å². The van der Waals surface area contributed by atoms with Crippen LogP contribution >= 0.6 is 0 Å². The quantitative estimate of drug-likeness (QED) is 0.715. The predicted octanol–water partition coefficient (Wildman–Crippen LogP) is 2.17. The standard InChI is InChI=1S/C13H20FNO2/c1-3-4-13(2,17)9-15-8-10-5-11(14)7-12(16)6-10/h5-7,15-17H,3-4,8-9H2,1-2H3. The van der Waals surface area contributed by atoms with Gasteiger partial charge in [0.25, 0.3) is 0 Å². The summed E-state index contributed by atoms with van der Waals surface area (Å²) in [5.74, 6) is -0.538. The van der Waals surface area contributed by atoms with E-state index in [1.165, 1.54) is 12.1 Å². The van der Waals surface area contributed by atoms with Crippen molar-refractivity contribution in [2.75, 3.05) is 6.54 Å². The largest absolute Gasteiger partial charge is 0.508 e. The van der Waals surface area contributed by atoms with Crippen molar-refractivity contribution in [1.82, 2.24) is 5.32 Å². The molecule has 3 N–H and O–H groups in total. The van der Waals surface area contributed by atoms with Crippen molar-refractivity contribution in [3.05, 3.63) is 29.6 Å². The molecule has 1 aromatic carbocycles. The van der Waals surface area contributed by atoms with Crippen LogP contribution in [0.15, 0.2) is 18.2 Å². The maximum Gasteiger partial charge on any atom is 0.127 e. The minimum absolute atomic E-state index is 0.0814. The van der Waals surface area contributed by atoms with Crippen LogP contribution in [0, 0.1) is 5.82 Å². The molecule has 1 unspecified atom stereocenters. The van der Waals surface area contributed by atoms with E-state index in [0.717, 1.165) is 12.5 Å². The van der Waals surface area contributed by atoms with Crippen molar-refractivity contribution in [2.24, 2.45) is 0 Å². The second kappa shape index (κ2) is 5.98. The Balaban J connectivity index is 2.45. The third kappa shape index (κ3) is 5.15. The molecule has 1 rings (SSSR count). The molecule has 0 fully saturated rings. The van der Waals surface area contributed by atoms with Gasteiger partial charge in [-0.25, -0.2) is 4.39 Å². The monoisotopic (exact) mass is 241 g/mol. The first kappa shape index (κ1) is 13.9. The van der Waals surface area contributed by atoms with Crippen LogP contribution in [0.2, 0.25) is 0 Å². The van der Waals surface area contributed by atoms with Gasteiger partial charge in [-0.05, 0) is 31.0 Å². The summed E-state index contributed by atoms with van der Waals surface area (Å²) in [7, 11) is 0. The maximum absolute atomic E-state index is 13.0. The summed E-state index contributed by atoms with van der Waals surface area (Å²) in [4.78, 5) is 0. The summed E-state index contributed by atoms with van der Waals surface area (Å²) in [6, 6.07) is 3.93. The van der Waals surface area contributed by atoms with Gasteiger partial charge in [0.05, 0.1) is 5.60 Å². The summed E-state index contributed by atoms with van der Waals surface area (Å²) in [6.45, 7) is 4.65. The van der Waals surface area contributed by atoms with Gasteiger partial charge in [0, 0.05) is 19.2 Å². The number of aromatic hydroxyl groups is 1. The topological polar surface area (TPSA) is 52.5 Å². The van der Waals surface area contributed by atoms with E-state index in [9.17, 15) is 14.6 Å². The van der Waals surface area contributed by atoms with Crippen LogP contribution in [0.5, 0.6) is 5.75 Å². The van der Waals surface area contributed by atoms with Gasteiger partial charge in [-0.2, -0.15) is 0 Å². The van der Waals surface area contributed by atoms with Gasteiger partial charge in [-0.1, -0.05) is 13.3 Å². The summed E-state index contributed by atoms with van der Waals surface area (Å²) in [5, 5.41) is 22.2. The molecule has 0 spiro atoms. The molecule has 0 aliphatic heterocycles. The third-order valence-corrected chi connectivity index (χ3v) is 2.57. The summed E-state index contributed by atoms with van der Waals surface area (Å²) < 4.78 is 13.0. The van der Waals surface area contributed by atoms with Gasteiger partial charge in [-0.15, -0.1) is 0 Å². The average molecular weight is 241 g/mol. The number of aliphatic hydroxyl groups is 1. The van der Waals surface area contributed by atoms with E-state index in [4.69, 9.17) is 0 Å². The lowest BCUT2D eigenvalue weighted by Crippen LogP contribution is -2.37. The van der Waals surface area contributed by atoms with Gasteiger partial charge in [-0.3, -0.25) is 0 Å². The van der Waals surface area contributed by atoms with Gasteiger partial charge in [0.1, 0.15) is 11.6 Å². The molecule has 4 heteroatoms. The number of halogens is 1. The minimum atomic E-state index is -0.746. The van der Waals surface area contributed by atoms with Crippen LogP contribution in [0.3, 0.4) is 0 Å². The molecule has 0 amide bonds. The molecule has 1 aromatic rings. The fourth-order valence-electron chi connectivity index (χ4n) is 1.84. The van der Waals surface area contributed by atoms with Gasteiger partial charge >= 0.3 is 0 Å². The highest BCUT2D eigenvalue weighted by molar-refractivity contribution is 5.28. The normalized spacial score (nSPS) is 14.6. The predicted molar refractivity (Wildman–Crippen MR) is 65.3 cm³/mol. The molecule has 0 saturated heterocycles. The van der Waals surface area contributed by atoms with Crippen molar-refractivity contribution < 1.29 is 14.6 Å². The van der Waals surface area contributed by atoms with Crippen molar-refractivity contribution >= 4 is 0 Å². The highest BCUT2D eigenvalue weighted by Gasteiger charge is 2.17. The van der Waals surface area contributed by atoms with E-state index in [1.54, 1.807) is 6.92 Å². The van der Waals surface area contributed by atoms with E-state index in [-0.39, 0.29) is 5.75 Å². The third-order valence-electron chi connectivity index (χ3n) is 2.57. The Hall–Kier alpha value is -1.13. The van der Waals surface area contributed by atoms with Crippen molar-refractivity contribution in [3.8, 4) is 5.75 Å². The summed E-state index contributed by atoms with van der Waals surface area (Å²) in [5.41, 5.74) is -0.0841. The molecule has 0 heterocycles. The van der Waals surface area contributed by atoms with Gasteiger partial charge in [0.2, 0.25) is 0 Å². The molecule has 3 nitrogen and oxygen atoms in total. The second-order valence-corrected chi connectivity index (χ2v) is 4.67. The fourth-order valence-corrected chi connectivity index (χ4v) is 1.84. The maximum atomic E-state index is 13.0. The number of hydrogen-bond donors (Lipinski definition) is 3. The Morgan fingerprint density at radius 3 is 2.65 bits per heavy atom. The minimum Gasteiger partial charge on any atom is -0.508 e. The highest BCUT2D eigenvalue weighted by atomic mass is 19.1. The van der Waals surface area contributed by atoms with Crippen molar-refractivity contribution in [3.63, 3.8) is 0 Å². The first-order valence-corrected chi connectivity index (χ1v) is 5.84. The molecule has 0 aliphatic rings. The smallest absolute Gasteiger partial charge is 0.127 e. The lowest BCUT2D eigenvalue weighted by atomic mass is 10.0. The molecule has 0 bridgehead atoms. The fraction of sp³-hybridized carbons (Fsp3) is 0.538. The Morgan fingerprint density at radius 1 is 1.35 bits per heavy atom. The number of nitrogens with one attached hydrogen (secondary N) is 1. The average Bonchev–Trinajstić information content (AvgIpc) is 2.15. The number of rotatable bonds is 6. The van der Waals surface area contributed by atoms with Crippen LogP contribution in [0.25, 0.3) is 0 Å². The van der Waals surface area contributed by atoms with Crippen LogP contribution < -0.4 is 5.32 Å². The Bertz CT molecular complexity index is 346. The molecule has 0 aromatic heterocycles. The Morgan fingerprint density at radius 2 is 2.06 bits per heavy atom. The van der Waals surface area contributed by atoms with E-state index >= 15 is 0 Å². The van der Waals surface area contributed by atoms with E-state index in [1.807, 2.05) is 6.92 Å². The van der Waals surface area contributed by atoms with Crippen LogP contribution in [-0.4, -0.2) is 22.4 Å². The zero-order valence-corrected chi connectivity index (χ0v) is 10.3. The first-order valence-electron chi connectivity index (χ1n) is 5.84. The number of phenolic OH excluding ortho intramolecular Hbond substituents is 1. The molecule has 1 atom stereocenters. The molecular formula is C13H20FNO2. The van der Waals surface area contributed by atoms with Gasteiger partial charge < -0.3 is 15.5 Å².